The lowest BCUT2D eigenvalue weighted by Crippen LogP contribution is -2.39. The molecular formula is C16H20FNO5. The van der Waals surface area contributed by atoms with Crippen LogP contribution in [0.1, 0.15) is 29.6 Å². The van der Waals surface area contributed by atoms with Crippen molar-refractivity contribution in [3.63, 3.8) is 0 Å². The Hall–Kier alpha value is -2.31. The zero-order valence-corrected chi connectivity index (χ0v) is 13.2. The number of halogens is 1. The third-order valence-corrected chi connectivity index (χ3v) is 4.07. The van der Waals surface area contributed by atoms with Crippen molar-refractivity contribution < 1.29 is 28.6 Å². The Bertz CT molecular complexity index is 596. The number of rotatable bonds is 5. The van der Waals surface area contributed by atoms with Gasteiger partial charge in [-0.3, -0.25) is 9.59 Å². The standard InChI is InChI=1S/C16H20FNO5/c1-22-12-4-3-11(17)14(15(12)23-2)16(21)18-7-5-10(6-8-18)9-13(19)20/h3-4,10H,5-9H2,1-2H3,(H,19,20). The van der Waals surface area contributed by atoms with Crippen LogP contribution in [0.4, 0.5) is 4.39 Å². The summed E-state index contributed by atoms with van der Waals surface area (Å²) in [5.74, 6) is -1.56. The predicted molar refractivity (Wildman–Crippen MR) is 80.4 cm³/mol. The van der Waals surface area contributed by atoms with Gasteiger partial charge in [0.05, 0.1) is 14.2 Å². The van der Waals surface area contributed by atoms with Crippen molar-refractivity contribution in [2.75, 3.05) is 27.3 Å². The lowest BCUT2D eigenvalue weighted by atomic mass is 9.93. The molecule has 0 bridgehead atoms. The normalized spacial score (nSPS) is 15.3. The Morgan fingerprint density at radius 1 is 1.26 bits per heavy atom. The van der Waals surface area contributed by atoms with E-state index in [0.717, 1.165) is 0 Å². The Labute approximate surface area is 133 Å². The minimum Gasteiger partial charge on any atom is -0.493 e. The van der Waals surface area contributed by atoms with Crippen LogP contribution in [0.3, 0.4) is 0 Å². The third kappa shape index (κ3) is 3.72. The molecular weight excluding hydrogens is 305 g/mol. The summed E-state index contributed by atoms with van der Waals surface area (Å²) in [6.07, 6.45) is 1.27. The molecule has 1 amide bonds. The van der Waals surface area contributed by atoms with E-state index in [9.17, 15) is 14.0 Å². The van der Waals surface area contributed by atoms with Crippen LogP contribution in [0.15, 0.2) is 12.1 Å². The van der Waals surface area contributed by atoms with E-state index in [0.29, 0.717) is 25.9 Å². The Morgan fingerprint density at radius 3 is 2.43 bits per heavy atom. The smallest absolute Gasteiger partial charge is 0.303 e. The van der Waals surface area contributed by atoms with Gasteiger partial charge < -0.3 is 19.5 Å². The predicted octanol–water partition coefficient (Wildman–Crippen LogP) is 2.17. The molecule has 1 saturated heterocycles. The first kappa shape index (κ1) is 17.1. The Kier molecular flexibility index (Phi) is 5.41. The van der Waals surface area contributed by atoms with Crippen LogP contribution in [-0.4, -0.2) is 49.2 Å². The number of carbonyl (C=O) groups is 2. The molecule has 0 atom stereocenters. The van der Waals surface area contributed by atoms with Gasteiger partial charge in [0.2, 0.25) is 0 Å². The van der Waals surface area contributed by atoms with Gasteiger partial charge in [-0.25, -0.2) is 4.39 Å². The number of benzene rings is 1. The van der Waals surface area contributed by atoms with E-state index in [1.165, 1.54) is 31.3 Å². The van der Waals surface area contributed by atoms with Crippen LogP contribution in [-0.2, 0) is 4.79 Å². The minimum atomic E-state index is -0.838. The summed E-state index contributed by atoms with van der Waals surface area (Å²) < 4.78 is 24.4. The van der Waals surface area contributed by atoms with Gasteiger partial charge in [-0.1, -0.05) is 0 Å². The maximum absolute atomic E-state index is 14.1. The number of methoxy groups -OCH3 is 2. The number of hydrogen-bond donors (Lipinski definition) is 1. The van der Waals surface area contributed by atoms with E-state index in [-0.39, 0.29) is 29.4 Å². The number of piperidine rings is 1. The highest BCUT2D eigenvalue weighted by Gasteiger charge is 2.29. The number of amides is 1. The topological polar surface area (TPSA) is 76.1 Å². The molecule has 1 heterocycles. The molecule has 1 fully saturated rings. The number of aliphatic carboxylic acids is 1. The quantitative estimate of drug-likeness (QED) is 0.898. The average Bonchev–Trinajstić information content (AvgIpc) is 2.54. The summed E-state index contributed by atoms with van der Waals surface area (Å²) in [4.78, 5) is 24.9. The van der Waals surface area contributed by atoms with Crippen molar-refractivity contribution in [1.29, 1.82) is 0 Å². The van der Waals surface area contributed by atoms with Gasteiger partial charge >= 0.3 is 5.97 Å². The molecule has 7 heteroatoms. The second-order valence-corrected chi connectivity index (χ2v) is 5.49. The molecule has 0 aromatic heterocycles. The second kappa shape index (κ2) is 7.30. The number of likely N-dealkylation sites (tertiary alicyclic amines) is 1. The average molecular weight is 325 g/mol. The van der Waals surface area contributed by atoms with E-state index >= 15 is 0 Å². The molecule has 1 N–H and O–H groups in total. The summed E-state index contributed by atoms with van der Waals surface area (Å²) in [5, 5.41) is 8.82. The molecule has 1 aromatic carbocycles. The zero-order valence-electron chi connectivity index (χ0n) is 13.2. The first-order valence-corrected chi connectivity index (χ1v) is 7.39. The molecule has 23 heavy (non-hydrogen) atoms. The second-order valence-electron chi connectivity index (χ2n) is 5.49. The molecule has 1 aliphatic rings. The molecule has 0 unspecified atom stereocenters. The van der Waals surface area contributed by atoms with Crippen molar-refractivity contribution in [2.45, 2.75) is 19.3 Å². The van der Waals surface area contributed by atoms with Gasteiger partial charge in [-0.2, -0.15) is 0 Å². The number of hydrogen-bond acceptors (Lipinski definition) is 4. The molecule has 6 nitrogen and oxygen atoms in total. The van der Waals surface area contributed by atoms with Gasteiger partial charge in [-0.15, -0.1) is 0 Å². The fourth-order valence-electron chi connectivity index (χ4n) is 2.85. The third-order valence-electron chi connectivity index (χ3n) is 4.07. The van der Waals surface area contributed by atoms with Crippen molar-refractivity contribution in [3.05, 3.63) is 23.5 Å². The summed E-state index contributed by atoms with van der Waals surface area (Å²) in [7, 11) is 2.77. The van der Waals surface area contributed by atoms with E-state index in [2.05, 4.69) is 0 Å². The van der Waals surface area contributed by atoms with Gasteiger partial charge in [0.1, 0.15) is 11.4 Å². The highest BCUT2D eigenvalue weighted by Crippen LogP contribution is 2.34. The van der Waals surface area contributed by atoms with E-state index in [4.69, 9.17) is 14.6 Å². The van der Waals surface area contributed by atoms with Crippen LogP contribution >= 0.6 is 0 Å². The van der Waals surface area contributed by atoms with Crippen LogP contribution in [0.25, 0.3) is 0 Å². The fourth-order valence-corrected chi connectivity index (χ4v) is 2.85. The monoisotopic (exact) mass is 325 g/mol. The molecule has 1 aromatic rings. The number of carboxylic acids is 1. The summed E-state index contributed by atoms with van der Waals surface area (Å²) in [6.45, 7) is 0.799. The molecule has 2 rings (SSSR count). The minimum absolute atomic E-state index is 0.0496. The molecule has 0 aliphatic carbocycles. The van der Waals surface area contributed by atoms with Crippen molar-refractivity contribution in [2.24, 2.45) is 5.92 Å². The van der Waals surface area contributed by atoms with Crippen LogP contribution < -0.4 is 9.47 Å². The molecule has 126 valence electrons. The lowest BCUT2D eigenvalue weighted by molar-refractivity contribution is -0.138. The SMILES string of the molecule is COc1ccc(F)c(C(=O)N2CCC(CC(=O)O)CC2)c1OC. The fraction of sp³-hybridized carbons (Fsp3) is 0.500. The van der Waals surface area contributed by atoms with Gasteiger partial charge in [0.15, 0.2) is 11.5 Å². The van der Waals surface area contributed by atoms with Gasteiger partial charge in [0, 0.05) is 19.5 Å². The summed E-state index contributed by atoms with van der Waals surface area (Å²) in [5.41, 5.74) is -0.150. The van der Waals surface area contributed by atoms with Crippen molar-refractivity contribution >= 4 is 11.9 Å². The lowest BCUT2D eigenvalue weighted by Gasteiger charge is -2.31. The largest absolute Gasteiger partial charge is 0.493 e. The summed E-state index contributed by atoms with van der Waals surface area (Å²) in [6, 6.07) is 2.58. The number of ether oxygens (including phenoxy) is 2. The molecule has 0 radical (unpaired) electrons. The van der Waals surface area contributed by atoms with Gasteiger partial charge in [0.25, 0.3) is 5.91 Å². The Morgan fingerprint density at radius 2 is 1.91 bits per heavy atom. The zero-order chi connectivity index (χ0) is 17.0. The maximum Gasteiger partial charge on any atom is 0.303 e. The highest BCUT2D eigenvalue weighted by molar-refractivity contribution is 5.98. The first-order valence-electron chi connectivity index (χ1n) is 7.39. The van der Waals surface area contributed by atoms with Crippen LogP contribution in [0.2, 0.25) is 0 Å². The molecule has 1 aliphatic heterocycles. The highest BCUT2D eigenvalue weighted by atomic mass is 19.1. The molecule has 0 spiro atoms. The van der Waals surface area contributed by atoms with E-state index in [1.807, 2.05) is 0 Å². The molecule has 0 saturated carbocycles. The number of carboxylic acid groups (broad SMARTS) is 1. The number of nitrogens with zero attached hydrogens (tertiary/aromatic N) is 1. The van der Waals surface area contributed by atoms with Crippen molar-refractivity contribution in [1.82, 2.24) is 4.90 Å². The van der Waals surface area contributed by atoms with Crippen molar-refractivity contribution in [3.8, 4) is 11.5 Å². The Balaban J connectivity index is 2.17. The number of carbonyl (C=O) groups excluding carboxylic acids is 1. The van der Waals surface area contributed by atoms with Crippen LogP contribution in [0, 0.1) is 11.7 Å². The van der Waals surface area contributed by atoms with E-state index < -0.39 is 17.7 Å². The van der Waals surface area contributed by atoms with E-state index in [1.54, 1.807) is 0 Å². The summed E-state index contributed by atoms with van der Waals surface area (Å²) >= 11 is 0. The first-order chi connectivity index (χ1) is 11.0. The van der Waals surface area contributed by atoms with Gasteiger partial charge in [-0.05, 0) is 30.9 Å². The van der Waals surface area contributed by atoms with Crippen LogP contribution in [0.5, 0.6) is 11.5 Å². The maximum atomic E-state index is 14.1.